The van der Waals surface area contributed by atoms with Crippen molar-refractivity contribution in [1.29, 1.82) is 0 Å². The average molecular weight is 1500 g/mol. The normalized spacial score (nSPS) is 12.3. The lowest BCUT2D eigenvalue weighted by atomic mass is 9.77. The second-order valence-electron chi connectivity index (χ2n) is 28.7. The van der Waals surface area contributed by atoms with Crippen LogP contribution in [0.1, 0.15) is 278 Å². The number of pyridine rings is 1. The van der Waals surface area contributed by atoms with Crippen LogP contribution >= 0.6 is 31.9 Å². The predicted molar refractivity (Wildman–Crippen MR) is 431 cm³/mol. The number of halogens is 5. The Morgan fingerprint density at radius 2 is 1.02 bits per heavy atom. The number of aromatic nitrogens is 1. The first-order chi connectivity index (χ1) is 46.9. The van der Waals surface area contributed by atoms with Crippen molar-refractivity contribution in [3.8, 4) is 11.5 Å². The Labute approximate surface area is 618 Å². The van der Waals surface area contributed by atoms with E-state index in [4.69, 9.17) is 9.84 Å². The maximum atomic E-state index is 12.4. The number of aryl methyl sites for hydroxylation is 3. The summed E-state index contributed by atoms with van der Waals surface area (Å²) in [6.07, 6.45) is 1.70. The van der Waals surface area contributed by atoms with Crippen LogP contribution < -0.4 is 4.74 Å². The first-order valence-corrected chi connectivity index (χ1v) is 37.3. The van der Waals surface area contributed by atoms with Gasteiger partial charge in [-0.05, 0) is 233 Å². The van der Waals surface area contributed by atoms with Crippen LogP contribution in [-0.4, -0.2) is 22.1 Å². The fourth-order valence-electron chi connectivity index (χ4n) is 11.1. The molecule has 1 atom stereocenters. The molecular weight excluding hydrogens is 1380 g/mol. The Morgan fingerprint density at radius 1 is 0.530 bits per heavy atom. The summed E-state index contributed by atoms with van der Waals surface area (Å²) in [5.74, 6) is 6.08. The van der Waals surface area contributed by atoms with Gasteiger partial charge in [0.05, 0.1) is 23.1 Å². The summed E-state index contributed by atoms with van der Waals surface area (Å²) in [5, 5.41) is 20.7. The van der Waals surface area contributed by atoms with E-state index >= 15 is 0 Å². The van der Waals surface area contributed by atoms with Gasteiger partial charge in [-0.25, -0.2) is 0 Å². The maximum Gasteiger partial charge on any atom is 0.416 e. The largest absolute Gasteiger partial charge is 0.508 e. The zero-order valence-electron chi connectivity index (χ0n) is 64.7. The van der Waals surface area contributed by atoms with Crippen molar-refractivity contribution in [2.24, 2.45) is 5.92 Å². The number of rotatable bonds is 10. The first kappa shape index (κ1) is 89.0. The van der Waals surface area contributed by atoms with Gasteiger partial charge in [0, 0.05) is 32.7 Å². The Bertz CT molecular complexity index is 3800. The van der Waals surface area contributed by atoms with Crippen LogP contribution in [0.3, 0.4) is 0 Å². The zero-order chi connectivity index (χ0) is 75.8. The highest BCUT2D eigenvalue weighted by atomic mass is 79.9. The molecule has 0 spiro atoms. The van der Waals surface area contributed by atoms with E-state index in [1.54, 1.807) is 62.4 Å². The average Bonchev–Trinajstić information content (AvgIpc) is 0.829. The van der Waals surface area contributed by atoms with Crippen molar-refractivity contribution >= 4 is 48.5 Å². The lowest BCUT2D eigenvalue weighted by Gasteiger charge is -2.28. The highest BCUT2D eigenvalue weighted by molar-refractivity contribution is 9.13. The van der Waals surface area contributed by atoms with Gasteiger partial charge in [0.2, 0.25) is 0 Å². The van der Waals surface area contributed by atoms with Crippen LogP contribution in [0, 0.1) is 29.9 Å². The van der Waals surface area contributed by atoms with Crippen LogP contribution in [0.25, 0.3) is 10.9 Å². The Morgan fingerprint density at radius 3 is 1.49 bits per heavy atom. The highest BCUT2D eigenvalue weighted by Gasteiger charge is 2.33. The summed E-state index contributed by atoms with van der Waals surface area (Å²) in [6.45, 7) is 49.0. The van der Waals surface area contributed by atoms with E-state index in [9.17, 15) is 23.3 Å². The number of non-ortho nitro benzene ring substituents is 1. The molecule has 0 bridgehead atoms. The summed E-state index contributed by atoms with van der Waals surface area (Å²) >= 11 is 6.90. The van der Waals surface area contributed by atoms with Gasteiger partial charge < -0.3 is 9.84 Å². The predicted octanol–water partition coefficient (Wildman–Crippen LogP) is 29.1. The third-order valence-corrected chi connectivity index (χ3v) is 19.0. The van der Waals surface area contributed by atoms with Crippen molar-refractivity contribution in [3.05, 3.63) is 280 Å². The molecule has 100 heavy (non-hydrogen) atoms. The zero-order valence-corrected chi connectivity index (χ0v) is 67.8. The van der Waals surface area contributed by atoms with E-state index in [1.807, 2.05) is 58.2 Å². The molecule has 1 aliphatic rings. The molecule has 9 aromatic rings. The minimum Gasteiger partial charge on any atom is -0.508 e. The second kappa shape index (κ2) is 44.3. The summed E-state index contributed by atoms with van der Waals surface area (Å²) in [7, 11) is 1.73. The van der Waals surface area contributed by atoms with Gasteiger partial charge in [-0.3, -0.25) is 15.1 Å². The van der Waals surface area contributed by atoms with E-state index in [2.05, 4.69) is 258 Å². The summed E-state index contributed by atoms with van der Waals surface area (Å²) < 4.78 is 44.8. The van der Waals surface area contributed by atoms with Gasteiger partial charge in [-0.1, -0.05) is 273 Å². The molecule has 0 fully saturated rings. The number of fused-ring (bicyclic) bond motifs is 2. The molecule has 10 rings (SSSR count). The van der Waals surface area contributed by atoms with Crippen molar-refractivity contribution in [1.82, 2.24) is 4.98 Å². The standard InChI is InChI=1S/C13H18.C13H20.C12H13N.C12H18O.C10H11F3.C9H10Br2.C9H11NO2.C9H12O.C2H6/c1-10(2)12-9-5-7-11-6-3-4-8-13(11)12;1-10(2)11-6-8-12(9-7-11)13(3,4)5;1-9(2)10-7-8-13-12-6-4-3-5-11(10)12;1-8(2)11-6-9(3)12(13-5)10(4)7-11;1-7(2)8-5-3-4-6-9(8)10(11,12)13;1-6(2)7-3-4-8(10)9(11)5-7;1-7(2)8-4-3-5-9(6-8)10(11)12;1-7(2)8-4-3-5-9(10)6-8;1-2/h3-4,6,8,10,12H,5,7,9H2,1-2H3;6-10H,1-5H3;3-9H,1-2H3;6-8H,1-5H3;3-7H,1-2H3;3-6H,1-2H3;3-7H,1-2H3;3-7,10H,1-2H3;1-2H3. The number of methoxy groups -OCH3 is 1. The lowest BCUT2D eigenvalue weighted by molar-refractivity contribution is -0.384. The number of phenolic OH excluding ortho intramolecular Hbond substituents is 1. The summed E-state index contributed by atoms with van der Waals surface area (Å²) in [5.41, 5.74) is 16.2. The summed E-state index contributed by atoms with van der Waals surface area (Å²) in [4.78, 5) is 14.3. The molecule has 1 heterocycles. The molecule has 6 nitrogen and oxygen atoms in total. The molecule has 1 aromatic heterocycles. The number of nitro groups is 1. The van der Waals surface area contributed by atoms with Crippen LogP contribution in [0.15, 0.2) is 197 Å². The fourth-order valence-corrected chi connectivity index (χ4v) is 11.8. The highest BCUT2D eigenvalue weighted by Crippen LogP contribution is 2.38. The van der Waals surface area contributed by atoms with Crippen LogP contribution in [0.4, 0.5) is 18.9 Å². The molecule has 1 unspecified atom stereocenters. The molecule has 0 saturated carbocycles. The topological polar surface area (TPSA) is 85.5 Å². The van der Waals surface area contributed by atoms with E-state index < -0.39 is 11.7 Å². The Balaban J connectivity index is 0.000000388. The minimum absolute atomic E-state index is 0.0992. The van der Waals surface area contributed by atoms with Crippen molar-refractivity contribution < 1.29 is 27.9 Å². The Kier molecular flexibility index (Phi) is 39.5. The molecular formula is C89H119Br2F3N2O4. The smallest absolute Gasteiger partial charge is 0.416 e. The Hall–Kier alpha value is -7.08. The van der Waals surface area contributed by atoms with Gasteiger partial charge in [-0.15, -0.1) is 0 Å². The number of ether oxygens (including phenoxy) is 1. The maximum absolute atomic E-state index is 12.4. The van der Waals surface area contributed by atoms with Crippen LogP contribution in [0.5, 0.6) is 11.5 Å². The number of para-hydroxylation sites is 1. The van der Waals surface area contributed by atoms with Crippen molar-refractivity contribution in [2.75, 3.05) is 7.11 Å². The first-order valence-electron chi connectivity index (χ1n) is 35.7. The van der Waals surface area contributed by atoms with E-state index in [1.165, 1.54) is 87.4 Å². The van der Waals surface area contributed by atoms with Gasteiger partial charge >= 0.3 is 6.18 Å². The molecule has 1 N–H and O–H groups in total. The number of nitrogens with zero attached hydrogens (tertiary/aromatic N) is 2. The number of hydrogen-bond donors (Lipinski definition) is 1. The third-order valence-electron chi connectivity index (χ3n) is 17.1. The third kappa shape index (κ3) is 30.6. The molecule has 0 amide bonds. The quantitative estimate of drug-likeness (QED) is 0.109. The van der Waals surface area contributed by atoms with Gasteiger partial charge in [-0.2, -0.15) is 13.2 Å². The number of hydrogen-bond acceptors (Lipinski definition) is 5. The van der Waals surface area contributed by atoms with Gasteiger partial charge in [0.15, 0.2) is 0 Å². The SMILES string of the molecule is CC.CC(C)C1CCCc2ccccc21.CC(C)c1ccc(Br)c(Br)c1.CC(C)c1ccc(C(C)(C)C)cc1.CC(C)c1cccc(O)c1.CC(C)c1cccc([N+](=O)[O-])c1.CC(C)c1ccccc1C(F)(F)F.CC(C)c1ccnc2ccccc12.COc1c(C)cc(C(C)C)cc1C. The fraction of sp³-hybridized carbons (Fsp3) is 0.427. The van der Waals surface area contributed by atoms with E-state index in [-0.39, 0.29) is 21.9 Å². The number of phenols is 1. The molecule has 544 valence electrons. The van der Waals surface area contributed by atoms with Gasteiger partial charge in [0.25, 0.3) is 5.69 Å². The monoisotopic (exact) mass is 1490 g/mol. The number of aromatic hydroxyl groups is 1. The number of nitro benzene ring substituents is 1. The van der Waals surface area contributed by atoms with Crippen molar-refractivity contribution in [2.45, 2.75) is 237 Å². The number of benzene rings is 8. The lowest BCUT2D eigenvalue weighted by Crippen LogP contribution is -2.14. The molecule has 11 heteroatoms. The summed E-state index contributed by atoms with van der Waals surface area (Å²) in [6, 6.07) is 58.9. The second-order valence-corrected chi connectivity index (χ2v) is 30.4. The molecule has 0 aliphatic heterocycles. The molecule has 0 radical (unpaired) electrons. The van der Waals surface area contributed by atoms with Crippen LogP contribution in [-0.2, 0) is 18.0 Å². The molecule has 0 saturated heterocycles. The van der Waals surface area contributed by atoms with Crippen LogP contribution in [0.2, 0.25) is 0 Å². The molecule has 8 aromatic carbocycles. The minimum atomic E-state index is -4.24. The van der Waals surface area contributed by atoms with Crippen molar-refractivity contribution in [3.63, 3.8) is 0 Å². The number of alkyl halides is 3. The van der Waals surface area contributed by atoms with Gasteiger partial charge in [0.1, 0.15) is 11.5 Å². The van der Waals surface area contributed by atoms with E-state index in [0.29, 0.717) is 46.8 Å². The molecule has 1 aliphatic carbocycles. The van der Waals surface area contributed by atoms with E-state index in [0.717, 1.165) is 43.7 Å².